The van der Waals surface area contributed by atoms with Gasteiger partial charge in [-0.05, 0) is 26.9 Å². The molecule has 1 amide bonds. The smallest absolute Gasteiger partial charge is 0.305 e. The van der Waals surface area contributed by atoms with Crippen molar-refractivity contribution >= 4 is 29.9 Å². The first-order valence-electron chi connectivity index (χ1n) is 19.6. The van der Waals surface area contributed by atoms with Crippen LogP contribution in [0.2, 0.25) is 0 Å². The summed E-state index contributed by atoms with van der Waals surface area (Å²) >= 11 is 1.62. The number of carbonyl (C=O) groups is 3. The van der Waals surface area contributed by atoms with E-state index in [1.807, 2.05) is 14.1 Å². The number of hydrogen-bond donors (Lipinski definition) is 0. The molecule has 0 aromatic carbocycles. The molecular weight excluding hydrogens is 609 g/mol. The van der Waals surface area contributed by atoms with E-state index in [-0.39, 0.29) is 24.4 Å². The highest BCUT2D eigenvalue weighted by atomic mass is 32.2. The minimum absolute atomic E-state index is 0.0380. The van der Waals surface area contributed by atoms with Crippen LogP contribution in [0.25, 0.3) is 0 Å². The van der Waals surface area contributed by atoms with Crippen molar-refractivity contribution in [1.82, 2.24) is 9.80 Å². The average molecular weight is 685 g/mol. The first-order chi connectivity index (χ1) is 22.9. The van der Waals surface area contributed by atoms with Crippen LogP contribution in [-0.4, -0.2) is 93.0 Å². The van der Waals surface area contributed by atoms with Crippen molar-refractivity contribution in [2.24, 2.45) is 5.92 Å². The van der Waals surface area contributed by atoms with Gasteiger partial charge in [-0.2, -0.15) is 11.8 Å². The van der Waals surface area contributed by atoms with E-state index in [0.29, 0.717) is 38.5 Å². The van der Waals surface area contributed by atoms with Gasteiger partial charge in [0.15, 0.2) is 0 Å². The van der Waals surface area contributed by atoms with Gasteiger partial charge in [-0.25, -0.2) is 0 Å². The molecule has 0 saturated carbocycles. The second-order valence-corrected chi connectivity index (χ2v) is 14.8. The van der Waals surface area contributed by atoms with Crippen LogP contribution in [0.5, 0.6) is 0 Å². The summed E-state index contributed by atoms with van der Waals surface area (Å²) in [6, 6.07) is 0. The lowest BCUT2D eigenvalue weighted by molar-refractivity contribution is -0.145. The molecule has 1 unspecified atom stereocenters. The van der Waals surface area contributed by atoms with E-state index in [2.05, 4.69) is 18.7 Å². The molecule has 0 rings (SSSR count). The van der Waals surface area contributed by atoms with Crippen LogP contribution in [0.1, 0.15) is 162 Å². The third-order valence-corrected chi connectivity index (χ3v) is 9.75. The predicted molar refractivity (Wildman–Crippen MR) is 201 cm³/mol. The first-order valence-corrected chi connectivity index (χ1v) is 20.8. The molecule has 0 aromatic rings. The van der Waals surface area contributed by atoms with E-state index in [1.54, 1.807) is 16.7 Å². The number of esters is 1. The van der Waals surface area contributed by atoms with Crippen molar-refractivity contribution in [1.29, 1.82) is 0 Å². The molecule has 0 N–H and O–H groups in total. The minimum atomic E-state index is -0.175. The van der Waals surface area contributed by atoms with Gasteiger partial charge in [-0.1, -0.05) is 142 Å². The van der Waals surface area contributed by atoms with E-state index < -0.39 is 0 Å². The van der Waals surface area contributed by atoms with Crippen molar-refractivity contribution in [3.8, 4) is 0 Å². The standard InChI is InChI=1S/C39H76N2O5S/c1-5-7-9-11-13-15-17-19-21-23-25-27-39(44)46-32-29-41(38(43)36-47-33-30-40(3)4)28-31-45-35-37(34-42)26-24-22-20-18-16-14-12-10-8-6-2/h34,37H,5-33,35-36H2,1-4H3. The number of unbranched alkanes of at least 4 members (excludes halogenated alkanes) is 19. The predicted octanol–water partition coefficient (Wildman–Crippen LogP) is 9.50. The van der Waals surface area contributed by atoms with Crippen molar-refractivity contribution in [3.05, 3.63) is 0 Å². The Labute approximate surface area is 295 Å². The Morgan fingerprint density at radius 2 is 1.15 bits per heavy atom. The number of thioether (sulfide) groups is 1. The Bertz CT molecular complexity index is 709. The summed E-state index contributed by atoms with van der Waals surface area (Å²) in [4.78, 5) is 40.8. The van der Waals surface area contributed by atoms with Gasteiger partial charge < -0.3 is 24.1 Å². The Kier molecular flexibility index (Phi) is 35.3. The van der Waals surface area contributed by atoms with Crippen molar-refractivity contribution in [3.63, 3.8) is 0 Å². The molecule has 0 aliphatic heterocycles. The zero-order chi connectivity index (χ0) is 34.6. The van der Waals surface area contributed by atoms with Crippen LogP contribution in [0.15, 0.2) is 0 Å². The Morgan fingerprint density at radius 1 is 0.660 bits per heavy atom. The molecule has 8 heteroatoms. The number of hydrogen-bond acceptors (Lipinski definition) is 7. The largest absolute Gasteiger partial charge is 0.464 e. The fourth-order valence-corrected chi connectivity index (χ4v) is 6.62. The molecule has 278 valence electrons. The highest BCUT2D eigenvalue weighted by Gasteiger charge is 2.15. The molecule has 47 heavy (non-hydrogen) atoms. The fraction of sp³-hybridized carbons (Fsp3) is 0.923. The second-order valence-electron chi connectivity index (χ2n) is 13.7. The van der Waals surface area contributed by atoms with Gasteiger partial charge in [0.25, 0.3) is 0 Å². The third-order valence-electron chi connectivity index (χ3n) is 8.83. The quantitative estimate of drug-likeness (QED) is 0.0367. The van der Waals surface area contributed by atoms with Crippen LogP contribution < -0.4 is 0 Å². The van der Waals surface area contributed by atoms with Crippen LogP contribution in [0.4, 0.5) is 0 Å². The number of amides is 1. The van der Waals surface area contributed by atoms with Gasteiger partial charge in [-0.3, -0.25) is 9.59 Å². The van der Waals surface area contributed by atoms with Crippen LogP contribution in [0.3, 0.4) is 0 Å². The fourth-order valence-electron chi connectivity index (χ4n) is 5.63. The van der Waals surface area contributed by atoms with Crippen molar-refractivity contribution in [2.45, 2.75) is 162 Å². The van der Waals surface area contributed by atoms with Gasteiger partial charge in [0.05, 0.1) is 25.5 Å². The summed E-state index contributed by atoms with van der Waals surface area (Å²) < 4.78 is 11.4. The maximum Gasteiger partial charge on any atom is 0.305 e. The lowest BCUT2D eigenvalue weighted by Crippen LogP contribution is -2.38. The molecule has 0 aliphatic rings. The zero-order valence-electron chi connectivity index (χ0n) is 31.4. The lowest BCUT2D eigenvalue weighted by atomic mass is 10.0. The van der Waals surface area contributed by atoms with E-state index in [4.69, 9.17) is 9.47 Å². The maximum absolute atomic E-state index is 13.0. The maximum atomic E-state index is 13.0. The lowest BCUT2D eigenvalue weighted by Gasteiger charge is -2.23. The van der Waals surface area contributed by atoms with E-state index >= 15 is 0 Å². The third kappa shape index (κ3) is 33.2. The van der Waals surface area contributed by atoms with Crippen molar-refractivity contribution in [2.75, 3.05) is 65.1 Å². The molecule has 0 spiro atoms. The summed E-state index contributed by atoms with van der Waals surface area (Å²) in [7, 11) is 4.06. The van der Waals surface area contributed by atoms with Gasteiger partial charge >= 0.3 is 5.97 Å². The van der Waals surface area contributed by atoms with Gasteiger partial charge in [-0.15, -0.1) is 0 Å². The number of nitrogens with zero attached hydrogens (tertiary/aromatic N) is 2. The SMILES string of the molecule is CCCCCCCCCCCCCC(=O)OCCN(CCOCC(C=O)CCCCCCCCCCCC)C(=O)CSCCN(C)C. The number of rotatable bonds is 37. The summed E-state index contributed by atoms with van der Waals surface area (Å²) in [5.41, 5.74) is 0. The number of carbonyl (C=O) groups excluding carboxylic acids is 3. The summed E-state index contributed by atoms with van der Waals surface area (Å²) in [5.74, 6) is 1.06. The molecule has 0 aromatic heterocycles. The molecule has 0 aliphatic carbocycles. The topological polar surface area (TPSA) is 76.1 Å². The Morgan fingerprint density at radius 3 is 1.66 bits per heavy atom. The zero-order valence-corrected chi connectivity index (χ0v) is 32.2. The summed E-state index contributed by atoms with van der Waals surface area (Å²) in [5, 5.41) is 0. The van der Waals surface area contributed by atoms with Crippen molar-refractivity contribution < 1.29 is 23.9 Å². The molecule has 0 radical (unpaired) electrons. The highest BCUT2D eigenvalue weighted by Crippen LogP contribution is 2.15. The van der Waals surface area contributed by atoms with E-state index in [0.717, 1.165) is 44.3 Å². The minimum Gasteiger partial charge on any atom is -0.464 e. The van der Waals surface area contributed by atoms with Crippen LogP contribution >= 0.6 is 11.8 Å². The van der Waals surface area contributed by atoms with E-state index in [1.165, 1.54) is 116 Å². The first kappa shape index (κ1) is 45.9. The molecule has 1 atom stereocenters. The Balaban J connectivity index is 4.25. The highest BCUT2D eigenvalue weighted by molar-refractivity contribution is 7.99. The summed E-state index contributed by atoms with van der Waals surface area (Å²) in [6.45, 7) is 7.22. The molecular formula is C39H76N2O5S. The Hall–Kier alpha value is -1.12. The van der Waals surface area contributed by atoms with Crippen LogP contribution in [0, 0.1) is 5.92 Å². The number of ether oxygens (including phenoxy) is 2. The number of aldehydes is 1. The monoisotopic (exact) mass is 685 g/mol. The van der Waals surface area contributed by atoms with Gasteiger partial charge in [0.1, 0.15) is 12.9 Å². The van der Waals surface area contributed by atoms with Crippen LogP contribution in [-0.2, 0) is 23.9 Å². The summed E-state index contributed by atoms with van der Waals surface area (Å²) in [6.07, 6.45) is 28.9. The normalized spacial score (nSPS) is 12.0. The molecule has 0 bridgehead atoms. The molecule has 7 nitrogen and oxygen atoms in total. The van der Waals surface area contributed by atoms with Gasteiger partial charge in [0.2, 0.25) is 5.91 Å². The average Bonchev–Trinajstić information content (AvgIpc) is 3.06. The molecule has 0 fully saturated rings. The molecule has 0 saturated heterocycles. The van der Waals surface area contributed by atoms with E-state index in [9.17, 15) is 14.4 Å². The van der Waals surface area contributed by atoms with Gasteiger partial charge in [0, 0.05) is 31.2 Å². The molecule has 0 heterocycles. The second kappa shape index (κ2) is 36.2.